The number of nitrogens with zero attached hydrogens (tertiary/aromatic N) is 1. The summed E-state index contributed by atoms with van der Waals surface area (Å²) in [6.07, 6.45) is 7.26. The lowest BCUT2D eigenvalue weighted by molar-refractivity contribution is -0.136. The van der Waals surface area contributed by atoms with E-state index in [-0.39, 0.29) is 18.6 Å². The maximum atomic E-state index is 12.5. The van der Waals surface area contributed by atoms with Crippen molar-refractivity contribution in [1.82, 2.24) is 15.8 Å². The third kappa shape index (κ3) is 3.03. The van der Waals surface area contributed by atoms with Crippen molar-refractivity contribution in [3.63, 3.8) is 0 Å². The Morgan fingerprint density at radius 3 is 2.89 bits per heavy atom. The number of aromatic nitrogens is 1. The molecule has 6 heteroatoms. The Hall–Kier alpha value is -3.54. The lowest BCUT2D eigenvalue weighted by atomic mass is 9.94. The summed E-state index contributed by atoms with van der Waals surface area (Å²) >= 11 is 0. The molecule has 0 saturated carbocycles. The van der Waals surface area contributed by atoms with E-state index < -0.39 is 0 Å². The zero-order valence-electron chi connectivity index (χ0n) is 15.8. The molecule has 3 heterocycles. The Kier molecular flexibility index (Phi) is 4.61. The van der Waals surface area contributed by atoms with E-state index in [4.69, 9.17) is 9.26 Å². The fourth-order valence-corrected chi connectivity index (χ4v) is 3.52. The Morgan fingerprint density at radius 1 is 1.32 bits per heavy atom. The highest BCUT2D eigenvalue weighted by atomic mass is 16.5. The third-order valence-electron chi connectivity index (χ3n) is 4.88. The maximum absolute atomic E-state index is 12.5. The predicted octanol–water partition coefficient (Wildman–Crippen LogP) is 3.67. The summed E-state index contributed by atoms with van der Waals surface area (Å²) in [5, 5.41) is 10.7. The monoisotopic (exact) mass is 375 g/mol. The summed E-state index contributed by atoms with van der Waals surface area (Å²) in [5.41, 5.74) is 6.65. The predicted molar refractivity (Wildman–Crippen MR) is 106 cm³/mol. The Bertz CT molecular complexity index is 1040. The summed E-state index contributed by atoms with van der Waals surface area (Å²) in [4.78, 5) is 12.5. The van der Waals surface area contributed by atoms with Crippen LogP contribution in [0.4, 0.5) is 0 Å². The molecular formula is C22H21N3O3. The van der Waals surface area contributed by atoms with E-state index in [0.29, 0.717) is 5.57 Å². The van der Waals surface area contributed by atoms with Gasteiger partial charge in [0.1, 0.15) is 12.9 Å². The van der Waals surface area contributed by atoms with Gasteiger partial charge >= 0.3 is 5.97 Å². The molecule has 0 bridgehead atoms. The van der Waals surface area contributed by atoms with Crippen LogP contribution >= 0.6 is 0 Å². The van der Waals surface area contributed by atoms with Crippen LogP contribution < -0.4 is 10.6 Å². The van der Waals surface area contributed by atoms with Gasteiger partial charge in [-0.1, -0.05) is 36.0 Å². The number of ether oxygens (including phenoxy) is 1. The summed E-state index contributed by atoms with van der Waals surface area (Å²) in [6, 6.07) is 7.64. The van der Waals surface area contributed by atoms with Gasteiger partial charge in [-0.15, -0.1) is 0 Å². The number of allylic oxidation sites excluding steroid dienone is 3. The third-order valence-corrected chi connectivity index (χ3v) is 4.88. The topological polar surface area (TPSA) is 76.4 Å². The molecule has 2 aliphatic rings. The van der Waals surface area contributed by atoms with Gasteiger partial charge in [-0.3, -0.25) is 0 Å². The van der Waals surface area contributed by atoms with Gasteiger partial charge in [0, 0.05) is 5.56 Å². The van der Waals surface area contributed by atoms with Crippen molar-refractivity contribution < 1.29 is 14.1 Å². The summed E-state index contributed by atoms with van der Waals surface area (Å²) in [7, 11) is 0. The van der Waals surface area contributed by atoms with Gasteiger partial charge in [0.2, 0.25) is 0 Å². The van der Waals surface area contributed by atoms with Crippen LogP contribution in [0.1, 0.15) is 24.2 Å². The lowest BCUT2D eigenvalue weighted by Crippen LogP contribution is -2.25. The molecule has 0 fully saturated rings. The number of cyclic esters (lactones) is 1. The molecule has 4 rings (SSSR count). The minimum absolute atomic E-state index is 0.219. The van der Waals surface area contributed by atoms with E-state index in [1.807, 2.05) is 50.3 Å². The lowest BCUT2D eigenvalue weighted by Gasteiger charge is -2.21. The van der Waals surface area contributed by atoms with E-state index in [1.54, 1.807) is 12.3 Å². The van der Waals surface area contributed by atoms with Gasteiger partial charge in [-0.05, 0) is 43.2 Å². The highest BCUT2D eigenvalue weighted by molar-refractivity contribution is 5.93. The van der Waals surface area contributed by atoms with Crippen molar-refractivity contribution in [3.05, 3.63) is 89.3 Å². The van der Waals surface area contributed by atoms with Crippen LogP contribution in [-0.4, -0.2) is 17.7 Å². The van der Waals surface area contributed by atoms with Crippen LogP contribution in [0.5, 0.6) is 0 Å². The molecule has 6 nitrogen and oxygen atoms in total. The maximum Gasteiger partial charge on any atom is 0.338 e. The largest absolute Gasteiger partial charge is 0.456 e. The van der Waals surface area contributed by atoms with E-state index >= 15 is 0 Å². The number of benzene rings is 1. The molecule has 1 unspecified atom stereocenters. The zero-order chi connectivity index (χ0) is 19.7. The Morgan fingerprint density at radius 2 is 2.18 bits per heavy atom. The second kappa shape index (κ2) is 7.23. The summed E-state index contributed by atoms with van der Waals surface area (Å²) < 4.78 is 10.4. The van der Waals surface area contributed by atoms with E-state index in [9.17, 15) is 4.79 Å². The van der Waals surface area contributed by atoms with Gasteiger partial charge in [0.15, 0.2) is 0 Å². The van der Waals surface area contributed by atoms with Crippen LogP contribution in [0.15, 0.2) is 82.5 Å². The van der Waals surface area contributed by atoms with Crippen molar-refractivity contribution in [2.75, 3.05) is 6.61 Å². The van der Waals surface area contributed by atoms with Crippen molar-refractivity contribution in [2.24, 2.45) is 0 Å². The molecule has 0 aliphatic carbocycles. The first-order chi connectivity index (χ1) is 13.6. The zero-order valence-corrected chi connectivity index (χ0v) is 15.8. The minimum atomic E-state index is -0.360. The fourth-order valence-electron chi connectivity index (χ4n) is 3.52. The number of hydrogen-bond acceptors (Lipinski definition) is 6. The quantitative estimate of drug-likeness (QED) is 0.794. The number of carbonyl (C=O) groups excluding carboxylic acids is 1. The van der Waals surface area contributed by atoms with Gasteiger partial charge in [0.25, 0.3) is 0 Å². The van der Waals surface area contributed by atoms with Crippen molar-refractivity contribution in [3.8, 4) is 11.1 Å². The van der Waals surface area contributed by atoms with Crippen molar-refractivity contribution in [1.29, 1.82) is 0 Å². The molecule has 2 aliphatic heterocycles. The van der Waals surface area contributed by atoms with Gasteiger partial charge in [-0.25, -0.2) is 4.79 Å². The van der Waals surface area contributed by atoms with Crippen LogP contribution in [0, 0.1) is 6.92 Å². The van der Waals surface area contributed by atoms with E-state index in [1.165, 1.54) is 0 Å². The first kappa shape index (κ1) is 17.9. The molecular weight excluding hydrogens is 354 g/mol. The van der Waals surface area contributed by atoms with Crippen LogP contribution in [0.2, 0.25) is 0 Å². The molecule has 2 aromatic rings. The molecule has 142 valence electrons. The highest BCUT2D eigenvalue weighted by Crippen LogP contribution is 2.34. The van der Waals surface area contributed by atoms with Gasteiger partial charge in [0.05, 0.1) is 34.4 Å². The molecule has 2 N–H and O–H groups in total. The number of rotatable bonds is 4. The summed E-state index contributed by atoms with van der Waals surface area (Å²) in [6.45, 7) is 7.95. The molecule has 1 atom stereocenters. The van der Waals surface area contributed by atoms with Crippen LogP contribution in [0.3, 0.4) is 0 Å². The molecule has 28 heavy (non-hydrogen) atoms. The number of carbonyl (C=O) groups is 1. The molecule has 0 radical (unpaired) electrons. The second-order valence-electron chi connectivity index (χ2n) is 6.64. The number of nitrogens with one attached hydrogen (secondary N) is 2. The molecule has 0 amide bonds. The van der Waals surface area contributed by atoms with Gasteiger partial charge in [-0.2, -0.15) is 0 Å². The fraction of sp³-hybridized carbons (Fsp3) is 0.182. The van der Waals surface area contributed by atoms with Crippen molar-refractivity contribution in [2.45, 2.75) is 19.9 Å². The van der Waals surface area contributed by atoms with E-state index in [2.05, 4.69) is 22.4 Å². The number of hydrogen-bond donors (Lipinski definition) is 2. The van der Waals surface area contributed by atoms with Crippen LogP contribution in [-0.2, 0) is 9.53 Å². The highest BCUT2D eigenvalue weighted by Gasteiger charge is 2.35. The Balaban J connectivity index is 1.84. The first-order valence-electron chi connectivity index (χ1n) is 9.06. The smallest absolute Gasteiger partial charge is 0.338 e. The standard InChI is InChI=1S/C22H21N3O3/c1-4-7-18-17(5-2)23-19-12-27-22(26)20(19)21(24-18)15-9-6-8-14(10-15)16-11-28-25-13(16)3/h4-11,21,23-24H,2,12H2,1,3H3/b7-4-. The Labute approximate surface area is 163 Å². The number of esters is 1. The second-order valence-corrected chi connectivity index (χ2v) is 6.64. The minimum Gasteiger partial charge on any atom is -0.456 e. The van der Waals surface area contributed by atoms with Gasteiger partial charge < -0.3 is 19.9 Å². The normalized spacial score (nSPS) is 19.2. The van der Waals surface area contributed by atoms with E-state index in [0.717, 1.165) is 39.5 Å². The average molecular weight is 375 g/mol. The molecule has 1 aromatic carbocycles. The first-order valence-corrected chi connectivity index (χ1v) is 9.06. The summed E-state index contributed by atoms with van der Waals surface area (Å²) in [5.74, 6) is -0.322. The average Bonchev–Trinajstić information content (AvgIpc) is 3.24. The van der Waals surface area contributed by atoms with Crippen LogP contribution in [0.25, 0.3) is 11.1 Å². The molecule has 0 spiro atoms. The number of aryl methyl sites for hydroxylation is 1. The molecule has 1 aromatic heterocycles. The SMILES string of the molecule is C=CC1=C(/C=C\C)NC(c2cccc(-c3conc3C)c2)C2=C(COC2=O)N1. The molecule has 0 saturated heterocycles. The van der Waals surface area contributed by atoms with Crippen molar-refractivity contribution >= 4 is 5.97 Å².